The zero-order valence-electron chi connectivity index (χ0n) is 19.1. The standard InChI is InChI=1S/C27H26N2O5/c1-17-14-24(31)26(27(33)29(17)13-11-18-5-8-21(30)9-6-18)22(16-25(32)34-2)19-7-10-23-20(15-19)4-3-12-28-23/h3-10,12,14-15,22,30-31H,11,13,16H2,1-2H3/t22-/m0/s1. The maximum Gasteiger partial charge on any atom is 0.306 e. The van der Waals surface area contributed by atoms with Gasteiger partial charge >= 0.3 is 5.97 Å². The number of hydrogen-bond donors (Lipinski definition) is 2. The fourth-order valence-electron chi connectivity index (χ4n) is 4.23. The number of aryl methyl sites for hydroxylation is 2. The molecule has 0 aliphatic rings. The van der Waals surface area contributed by atoms with Gasteiger partial charge in [-0.3, -0.25) is 14.6 Å². The van der Waals surface area contributed by atoms with Crippen LogP contribution >= 0.6 is 0 Å². The highest BCUT2D eigenvalue weighted by Gasteiger charge is 2.27. The van der Waals surface area contributed by atoms with E-state index in [0.717, 1.165) is 16.5 Å². The Kier molecular flexibility index (Phi) is 6.63. The second kappa shape index (κ2) is 9.79. The van der Waals surface area contributed by atoms with E-state index in [1.807, 2.05) is 30.3 Å². The summed E-state index contributed by atoms with van der Waals surface area (Å²) in [7, 11) is 1.30. The molecule has 2 aromatic carbocycles. The lowest BCUT2D eigenvalue weighted by molar-refractivity contribution is -0.140. The van der Waals surface area contributed by atoms with Crippen LogP contribution in [0.15, 0.2) is 71.7 Å². The van der Waals surface area contributed by atoms with Crippen molar-refractivity contribution in [2.24, 2.45) is 0 Å². The molecule has 0 fully saturated rings. The van der Waals surface area contributed by atoms with E-state index in [2.05, 4.69) is 4.98 Å². The molecule has 0 unspecified atom stereocenters. The third-order valence-corrected chi connectivity index (χ3v) is 6.06. The first-order chi connectivity index (χ1) is 16.4. The van der Waals surface area contributed by atoms with Crippen LogP contribution in [0.2, 0.25) is 0 Å². The topological polar surface area (TPSA) is 102 Å². The molecule has 0 bridgehead atoms. The molecule has 174 valence electrons. The summed E-state index contributed by atoms with van der Waals surface area (Å²) >= 11 is 0. The van der Waals surface area contributed by atoms with Gasteiger partial charge < -0.3 is 19.5 Å². The number of fused-ring (bicyclic) bond motifs is 1. The van der Waals surface area contributed by atoms with Crippen LogP contribution in [0.1, 0.15) is 34.7 Å². The zero-order chi connectivity index (χ0) is 24.2. The van der Waals surface area contributed by atoms with E-state index >= 15 is 0 Å². The van der Waals surface area contributed by atoms with Crippen LogP contribution in [0.25, 0.3) is 10.9 Å². The molecule has 2 N–H and O–H groups in total. The van der Waals surface area contributed by atoms with Crippen molar-refractivity contribution in [3.05, 3.63) is 99.6 Å². The van der Waals surface area contributed by atoms with Gasteiger partial charge in [0.05, 0.1) is 24.6 Å². The van der Waals surface area contributed by atoms with Crippen molar-refractivity contribution in [2.45, 2.75) is 32.2 Å². The van der Waals surface area contributed by atoms with Gasteiger partial charge in [-0.1, -0.05) is 24.3 Å². The van der Waals surface area contributed by atoms with Gasteiger partial charge in [0, 0.05) is 29.7 Å². The number of esters is 1. The first-order valence-electron chi connectivity index (χ1n) is 11.0. The molecule has 4 rings (SSSR count). The number of pyridine rings is 2. The second-order valence-electron chi connectivity index (χ2n) is 8.25. The van der Waals surface area contributed by atoms with E-state index in [4.69, 9.17) is 4.74 Å². The van der Waals surface area contributed by atoms with E-state index in [1.54, 1.807) is 48.0 Å². The predicted molar refractivity (Wildman–Crippen MR) is 129 cm³/mol. The smallest absolute Gasteiger partial charge is 0.306 e. The number of carbonyl (C=O) groups is 1. The molecule has 0 amide bonds. The maximum absolute atomic E-state index is 13.6. The minimum Gasteiger partial charge on any atom is -0.508 e. The van der Waals surface area contributed by atoms with E-state index in [-0.39, 0.29) is 29.0 Å². The number of carbonyl (C=O) groups excluding carboxylic acids is 1. The van der Waals surface area contributed by atoms with Gasteiger partial charge in [0.25, 0.3) is 5.56 Å². The molecule has 34 heavy (non-hydrogen) atoms. The van der Waals surface area contributed by atoms with E-state index in [1.165, 1.54) is 7.11 Å². The Bertz CT molecular complexity index is 1390. The number of nitrogens with zero attached hydrogens (tertiary/aromatic N) is 2. The van der Waals surface area contributed by atoms with Crippen LogP contribution in [0.5, 0.6) is 11.5 Å². The number of aromatic hydroxyl groups is 2. The van der Waals surface area contributed by atoms with Crippen LogP contribution in [0.4, 0.5) is 0 Å². The summed E-state index contributed by atoms with van der Waals surface area (Å²) in [5, 5.41) is 21.2. The second-order valence-corrected chi connectivity index (χ2v) is 8.25. The molecule has 0 radical (unpaired) electrons. The summed E-state index contributed by atoms with van der Waals surface area (Å²) in [4.78, 5) is 30.3. The Morgan fingerprint density at radius 2 is 1.85 bits per heavy atom. The lowest BCUT2D eigenvalue weighted by Gasteiger charge is -2.21. The Morgan fingerprint density at radius 3 is 2.59 bits per heavy atom. The SMILES string of the molecule is COC(=O)C[C@@H](c1ccc2ncccc2c1)c1c(O)cc(C)n(CCc2ccc(O)cc2)c1=O. The Labute approximate surface area is 196 Å². The van der Waals surface area contributed by atoms with Crippen molar-refractivity contribution in [3.8, 4) is 11.5 Å². The Morgan fingerprint density at radius 1 is 1.09 bits per heavy atom. The van der Waals surface area contributed by atoms with E-state index < -0.39 is 11.9 Å². The quantitative estimate of drug-likeness (QED) is 0.405. The highest BCUT2D eigenvalue weighted by Crippen LogP contribution is 2.33. The maximum atomic E-state index is 13.6. The lowest BCUT2D eigenvalue weighted by Crippen LogP contribution is -2.29. The molecule has 0 aliphatic carbocycles. The summed E-state index contributed by atoms with van der Waals surface area (Å²) in [6.07, 6.45) is 2.17. The number of phenols is 1. The molecule has 0 saturated carbocycles. The molecule has 2 aromatic heterocycles. The first-order valence-corrected chi connectivity index (χ1v) is 11.0. The van der Waals surface area contributed by atoms with Crippen LogP contribution < -0.4 is 5.56 Å². The monoisotopic (exact) mass is 458 g/mol. The first kappa shape index (κ1) is 23.0. The van der Waals surface area contributed by atoms with Crippen LogP contribution in [-0.2, 0) is 22.5 Å². The lowest BCUT2D eigenvalue weighted by atomic mass is 9.87. The van der Waals surface area contributed by atoms with Crippen LogP contribution in [0.3, 0.4) is 0 Å². The summed E-state index contributed by atoms with van der Waals surface area (Å²) in [6, 6.07) is 17.7. The highest BCUT2D eigenvalue weighted by molar-refractivity contribution is 5.80. The Hall–Kier alpha value is -4.13. The number of aromatic nitrogens is 2. The molecule has 7 nitrogen and oxygen atoms in total. The normalized spacial score (nSPS) is 11.9. The van der Waals surface area contributed by atoms with Crippen molar-refractivity contribution < 1.29 is 19.7 Å². The van der Waals surface area contributed by atoms with Crippen molar-refractivity contribution in [3.63, 3.8) is 0 Å². The fourth-order valence-corrected chi connectivity index (χ4v) is 4.23. The zero-order valence-corrected chi connectivity index (χ0v) is 19.1. The molecule has 1 atom stereocenters. The summed E-state index contributed by atoms with van der Waals surface area (Å²) in [6.45, 7) is 2.15. The van der Waals surface area contributed by atoms with Crippen molar-refractivity contribution in [2.75, 3.05) is 7.11 Å². The van der Waals surface area contributed by atoms with Crippen LogP contribution in [-0.4, -0.2) is 32.8 Å². The molecule has 0 aliphatic heterocycles. The number of benzene rings is 2. The molecule has 0 saturated heterocycles. The summed E-state index contributed by atoms with van der Waals surface area (Å²) in [5.74, 6) is -1.14. The van der Waals surface area contributed by atoms with Gasteiger partial charge in [0.15, 0.2) is 0 Å². The van der Waals surface area contributed by atoms with Crippen molar-refractivity contribution >= 4 is 16.9 Å². The van der Waals surface area contributed by atoms with Gasteiger partial charge in [-0.15, -0.1) is 0 Å². The Balaban J connectivity index is 1.78. The molecule has 7 heteroatoms. The highest BCUT2D eigenvalue weighted by atomic mass is 16.5. The number of rotatable bonds is 7. The summed E-state index contributed by atoms with van der Waals surface area (Å²) < 4.78 is 6.50. The number of hydrogen-bond acceptors (Lipinski definition) is 6. The van der Waals surface area contributed by atoms with Gasteiger partial charge in [-0.2, -0.15) is 0 Å². The predicted octanol–water partition coefficient (Wildman–Crippen LogP) is 4.05. The summed E-state index contributed by atoms with van der Waals surface area (Å²) in [5.41, 5.74) is 2.90. The van der Waals surface area contributed by atoms with Gasteiger partial charge in [0.1, 0.15) is 11.5 Å². The van der Waals surface area contributed by atoms with Crippen LogP contribution in [0, 0.1) is 6.92 Å². The average Bonchev–Trinajstić information content (AvgIpc) is 2.83. The molecule has 2 heterocycles. The number of ether oxygens (including phenoxy) is 1. The largest absolute Gasteiger partial charge is 0.508 e. The molecule has 4 aromatic rings. The number of methoxy groups -OCH3 is 1. The molecular formula is C27H26N2O5. The number of phenolic OH excluding ortho intramolecular Hbond substituents is 1. The minimum absolute atomic E-state index is 0.0912. The van der Waals surface area contributed by atoms with Gasteiger partial charge in [0.2, 0.25) is 0 Å². The minimum atomic E-state index is -0.690. The van der Waals surface area contributed by atoms with Gasteiger partial charge in [-0.25, -0.2) is 0 Å². The van der Waals surface area contributed by atoms with E-state index in [0.29, 0.717) is 24.2 Å². The van der Waals surface area contributed by atoms with Gasteiger partial charge in [-0.05, 0) is 60.9 Å². The fraction of sp³-hybridized carbons (Fsp3) is 0.222. The van der Waals surface area contributed by atoms with Crippen molar-refractivity contribution in [1.82, 2.24) is 9.55 Å². The average molecular weight is 459 g/mol. The molecular weight excluding hydrogens is 432 g/mol. The third-order valence-electron chi connectivity index (χ3n) is 6.06. The third kappa shape index (κ3) is 4.78. The molecule has 0 spiro atoms. The van der Waals surface area contributed by atoms with Crippen molar-refractivity contribution in [1.29, 1.82) is 0 Å². The van der Waals surface area contributed by atoms with E-state index in [9.17, 15) is 19.8 Å².